The van der Waals surface area contributed by atoms with Gasteiger partial charge in [0.25, 0.3) is 0 Å². The highest BCUT2D eigenvalue weighted by Gasteiger charge is 2.14. The van der Waals surface area contributed by atoms with Crippen LogP contribution < -0.4 is 0 Å². The van der Waals surface area contributed by atoms with Gasteiger partial charge in [0.1, 0.15) is 0 Å². The van der Waals surface area contributed by atoms with Crippen LogP contribution >= 0.6 is 11.8 Å². The first-order valence-corrected chi connectivity index (χ1v) is 7.15. The Morgan fingerprint density at radius 2 is 1.88 bits per heavy atom. The molecule has 2 heteroatoms. The van der Waals surface area contributed by atoms with Gasteiger partial charge in [-0.25, -0.2) is 0 Å². The molecule has 1 atom stereocenters. The standard InChI is InChI=1S/C14H20OS/c1-11(15)13-6-8-14(9-7-13)16-10-12-4-2-3-5-12/h6-9,11-12,15H,2-5,10H2,1H3/t11-/m1/s1. The first-order chi connectivity index (χ1) is 7.75. The molecular weight excluding hydrogens is 216 g/mol. The summed E-state index contributed by atoms with van der Waals surface area (Å²) in [6.07, 6.45) is 5.32. The molecule has 88 valence electrons. The fourth-order valence-corrected chi connectivity index (χ4v) is 3.32. The molecule has 0 unspecified atom stereocenters. The van der Waals surface area contributed by atoms with E-state index in [1.165, 1.54) is 36.3 Å². The van der Waals surface area contributed by atoms with E-state index < -0.39 is 0 Å². The lowest BCUT2D eigenvalue weighted by Crippen LogP contribution is -1.96. The molecule has 0 saturated heterocycles. The fraction of sp³-hybridized carbons (Fsp3) is 0.571. The van der Waals surface area contributed by atoms with Crippen LogP contribution in [0.25, 0.3) is 0 Å². The second-order valence-electron chi connectivity index (χ2n) is 4.71. The Labute approximate surface area is 102 Å². The molecule has 1 saturated carbocycles. The van der Waals surface area contributed by atoms with Gasteiger partial charge in [-0.05, 0) is 43.4 Å². The van der Waals surface area contributed by atoms with Crippen LogP contribution in [0, 0.1) is 5.92 Å². The average Bonchev–Trinajstić information content (AvgIpc) is 2.80. The Kier molecular flexibility index (Phi) is 4.30. The van der Waals surface area contributed by atoms with Crippen LogP contribution in [0.1, 0.15) is 44.3 Å². The molecule has 1 aliphatic rings. The van der Waals surface area contributed by atoms with Crippen LogP contribution in [-0.4, -0.2) is 10.9 Å². The van der Waals surface area contributed by atoms with Crippen molar-refractivity contribution in [1.29, 1.82) is 0 Å². The Bertz CT molecular complexity index is 312. The van der Waals surface area contributed by atoms with Gasteiger partial charge in [-0.2, -0.15) is 0 Å². The maximum atomic E-state index is 9.41. The van der Waals surface area contributed by atoms with E-state index in [-0.39, 0.29) is 6.10 Å². The van der Waals surface area contributed by atoms with Gasteiger partial charge in [0.05, 0.1) is 6.10 Å². The third kappa shape index (κ3) is 3.26. The Morgan fingerprint density at radius 1 is 1.25 bits per heavy atom. The lowest BCUT2D eigenvalue weighted by atomic mass is 10.1. The zero-order valence-corrected chi connectivity index (χ0v) is 10.7. The summed E-state index contributed by atoms with van der Waals surface area (Å²) in [7, 11) is 0. The van der Waals surface area contributed by atoms with Gasteiger partial charge in [0.15, 0.2) is 0 Å². The predicted octanol–water partition coefficient (Wildman–Crippen LogP) is 4.02. The monoisotopic (exact) mass is 236 g/mol. The number of rotatable bonds is 4. The van der Waals surface area contributed by atoms with Crippen LogP contribution in [0.4, 0.5) is 0 Å². The van der Waals surface area contributed by atoms with Crippen molar-refractivity contribution in [3.05, 3.63) is 29.8 Å². The smallest absolute Gasteiger partial charge is 0.0761 e. The largest absolute Gasteiger partial charge is 0.389 e. The van der Waals surface area contributed by atoms with Crippen LogP contribution in [0.3, 0.4) is 0 Å². The summed E-state index contributed by atoms with van der Waals surface area (Å²) in [6, 6.07) is 8.31. The molecule has 1 aliphatic carbocycles. The minimum absolute atomic E-state index is 0.353. The summed E-state index contributed by atoms with van der Waals surface area (Å²) >= 11 is 1.96. The molecule has 1 nitrogen and oxygen atoms in total. The number of thioether (sulfide) groups is 1. The Hall–Kier alpha value is -0.470. The van der Waals surface area contributed by atoms with Crippen LogP contribution in [-0.2, 0) is 0 Å². The van der Waals surface area contributed by atoms with E-state index in [0.717, 1.165) is 11.5 Å². The van der Waals surface area contributed by atoms with E-state index in [1.807, 2.05) is 23.9 Å². The van der Waals surface area contributed by atoms with Gasteiger partial charge in [-0.15, -0.1) is 11.8 Å². The van der Waals surface area contributed by atoms with E-state index in [0.29, 0.717) is 0 Å². The first-order valence-electron chi connectivity index (χ1n) is 6.16. The second kappa shape index (κ2) is 5.74. The van der Waals surface area contributed by atoms with Crippen molar-refractivity contribution >= 4 is 11.8 Å². The molecule has 1 aromatic rings. The van der Waals surface area contributed by atoms with Crippen LogP contribution in [0.5, 0.6) is 0 Å². The van der Waals surface area contributed by atoms with E-state index >= 15 is 0 Å². The van der Waals surface area contributed by atoms with Gasteiger partial charge in [-0.3, -0.25) is 0 Å². The molecule has 0 aromatic heterocycles. The van der Waals surface area contributed by atoms with E-state index in [2.05, 4.69) is 12.1 Å². The maximum absolute atomic E-state index is 9.41. The Morgan fingerprint density at radius 3 is 2.44 bits per heavy atom. The van der Waals surface area contributed by atoms with Crippen molar-refractivity contribution in [3.8, 4) is 0 Å². The summed E-state index contributed by atoms with van der Waals surface area (Å²) in [5.41, 5.74) is 1.00. The van der Waals surface area contributed by atoms with Crippen molar-refractivity contribution in [1.82, 2.24) is 0 Å². The predicted molar refractivity (Wildman–Crippen MR) is 69.8 cm³/mol. The molecule has 0 bridgehead atoms. The van der Waals surface area contributed by atoms with Crippen molar-refractivity contribution in [3.63, 3.8) is 0 Å². The van der Waals surface area contributed by atoms with E-state index in [4.69, 9.17) is 0 Å². The number of hydrogen-bond donors (Lipinski definition) is 1. The third-order valence-corrected chi connectivity index (χ3v) is 4.57. The Balaban J connectivity index is 1.84. The minimum atomic E-state index is -0.353. The van der Waals surface area contributed by atoms with Crippen molar-refractivity contribution in [2.75, 3.05) is 5.75 Å². The van der Waals surface area contributed by atoms with Gasteiger partial charge in [-0.1, -0.05) is 25.0 Å². The summed E-state index contributed by atoms with van der Waals surface area (Å²) in [5.74, 6) is 2.19. The maximum Gasteiger partial charge on any atom is 0.0761 e. The van der Waals surface area contributed by atoms with Gasteiger partial charge in [0, 0.05) is 10.6 Å². The molecular formula is C14H20OS. The fourth-order valence-electron chi connectivity index (χ4n) is 2.23. The molecule has 0 heterocycles. The average molecular weight is 236 g/mol. The minimum Gasteiger partial charge on any atom is -0.389 e. The van der Waals surface area contributed by atoms with E-state index in [1.54, 1.807) is 6.92 Å². The molecule has 1 aromatic carbocycles. The normalized spacial score (nSPS) is 18.9. The first kappa shape index (κ1) is 12.0. The second-order valence-corrected chi connectivity index (χ2v) is 5.80. The zero-order valence-electron chi connectivity index (χ0n) is 9.86. The van der Waals surface area contributed by atoms with Crippen molar-refractivity contribution in [2.24, 2.45) is 5.92 Å². The highest BCUT2D eigenvalue weighted by molar-refractivity contribution is 7.99. The third-order valence-electron chi connectivity index (χ3n) is 3.32. The summed E-state index contributed by atoms with van der Waals surface area (Å²) < 4.78 is 0. The summed E-state index contributed by atoms with van der Waals surface area (Å²) in [4.78, 5) is 1.33. The van der Waals surface area contributed by atoms with Crippen molar-refractivity contribution < 1.29 is 5.11 Å². The highest BCUT2D eigenvalue weighted by atomic mass is 32.2. The molecule has 1 N–H and O–H groups in total. The molecule has 1 fully saturated rings. The summed E-state index contributed by atoms with van der Waals surface area (Å²) in [5, 5.41) is 9.41. The highest BCUT2D eigenvalue weighted by Crippen LogP contribution is 2.31. The summed E-state index contributed by atoms with van der Waals surface area (Å²) in [6.45, 7) is 1.81. The lowest BCUT2D eigenvalue weighted by molar-refractivity contribution is 0.199. The van der Waals surface area contributed by atoms with Crippen LogP contribution in [0.15, 0.2) is 29.2 Å². The van der Waals surface area contributed by atoms with Gasteiger partial charge in [0.2, 0.25) is 0 Å². The van der Waals surface area contributed by atoms with E-state index in [9.17, 15) is 5.11 Å². The molecule has 0 radical (unpaired) electrons. The SMILES string of the molecule is C[C@@H](O)c1ccc(SCC2CCCC2)cc1. The molecule has 0 amide bonds. The molecule has 0 spiro atoms. The molecule has 0 aliphatic heterocycles. The quantitative estimate of drug-likeness (QED) is 0.797. The number of hydrogen-bond acceptors (Lipinski definition) is 2. The molecule has 16 heavy (non-hydrogen) atoms. The number of benzene rings is 1. The molecule has 2 rings (SSSR count). The topological polar surface area (TPSA) is 20.2 Å². The van der Waals surface area contributed by atoms with Gasteiger partial charge < -0.3 is 5.11 Å². The van der Waals surface area contributed by atoms with Crippen LogP contribution in [0.2, 0.25) is 0 Å². The van der Waals surface area contributed by atoms with Gasteiger partial charge >= 0.3 is 0 Å². The van der Waals surface area contributed by atoms with Crippen molar-refractivity contribution in [2.45, 2.75) is 43.6 Å². The number of aliphatic hydroxyl groups excluding tert-OH is 1. The zero-order chi connectivity index (χ0) is 11.4. The number of aliphatic hydroxyl groups is 1. The lowest BCUT2D eigenvalue weighted by Gasteiger charge is -2.09.